The fourth-order valence-electron chi connectivity index (χ4n) is 1.61. The van der Waals surface area contributed by atoms with Crippen LogP contribution in [0.15, 0.2) is 59.1 Å². The summed E-state index contributed by atoms with van der Waals surface area (Å²) in [6.45, 7) is 13.3. The molecule has 0 aliphatic carbocycles. The van der Waals surface area contributed by atoms with Crippen LogP contribution in [0.25, 0.3) is 0 Å². The van der Waals surface area contributed by atoms with E-state index in [1.54, 1.807) is 0 Å². The van der Waals surface area contributed by atoms with E-state index < -0.39 is 0 Å². The molecule has 0 aliphatic heterocycles. The average Bonchev–Trinajstić information content (AvgIpc) is 2.32. The van der Waals surface area contributed by atoms with Crippen LogP contribution in [0.1, 0.15) is 41.5 Å². The van der Waals surface area contributed by atoms with E-state index in [0.29, 0.717) is 0 Å². The molecule has 1 aromatic rings. The molecule has 0 aliphatic rings. The van der Waals surface area contributed by atoms with Crippen molar-refractivity contribution in [2.45, 2.75) is 41.5 Å². The van der Waals surface area contributed by atoms with Gasteiger partial charge in [0.25, 0.3) is 0 Å². The Morgan fingerprint density at radius 1 is 0.950 bits per heavy atom. The van der Waals surface area contributed by atoms with Crippen molar-refractivity contribution in [3.8, 4) is 0 Å². The topological polar surface area (TPSA) is 12.4 Å². The number of benzene rings is 1. The summed E-state index contributed by atoms with van der Waals surface area (Å²) in [7, 11) is 0. The Balaban J connectivity index is 2.92. The van der Waals surface area contributed by atoms with Gasteiger partial charge in [0.1, 0.15) is 0 Å². The molecular formula is C19H27N. The highest BCUT2D eigenvalue weighted by atomic mass is 14.7. The molecule has 0 aromatic heterocycles. The molecule has 0 spiro atoms. The van der Waals surface area contributed by atoms with Crippen LogP contribution in [-0.2, 0) is 0 Å². The summed E-state index contributed by atoms with van der Waals surface area (Å²) >= 11 is 0. The Hall–Kier alpha value is -1.63. The summed E-state index contributed by atoms with van der Waals surface area (Å²) in [6.07, 6.45) is 8.47. The smallest absolute Gasteiger partial charge is 0.0629 e. The van der Waals surface area contributed by atoms with Crippen molar-refractivity contribution in [1.29, 1.82) is 0 Å². The van der Waals surface area contributed by atoms with Crippen LogP contribution in [0.4, 0.5) is 5.69 Å². The second kappa shape index (κ2) is 6.69. The standard InChI is InChI=1S/C19H27N/c1-18(2,3)14-12-16(19(4,5)6)13-15-20-17-10-8-7-9-11-17/h7-15H,1-6H3/b14-12-,16-13+,20-15?. The summed E-state index contributed by atoms with van der Waals surface area (Å²) in [6, 6.07) is 10.0. The van der Waals surface area contributed by atoms with Gasteiger partial charge < -0.3 is 0 Å². The van der Waals surface area contributed by atoms with E-state index in [-0.39, 0.29) is 10.8 Å². The molecule has 0 amide bonds. The molecule has 0 saturated heterocycles. The fourth-order valence-corrected chi connectivity index (χ4v) is 1.61. The van der Waals surface area contributed by atoms with E-state index in [9.17, 15) is 0 Å². The lowest BCUT2D eigenvalue weighted by atomic mass is 9.84. The summed E-state index contributed by atoms with van der Waals surface area (Å²) < 4.78 is 0. The second-order valence-electron chi connectivity index (χ2n) is 7.19. The van der Waals surface area contributed by atoms with Gasteiger partial charge >= 0.3 is 0 Å². The third-order valence-electron chi connectivity index (χ3n) is 2.86. The van der Waals surface area contributed by atoms with Gasteiger partial charge in [0, 0.05) is 6.21 Å². The Morgan fingerprint density at radius 3 is 2.05 bits per heavy atom. The summed E-state index contributed by atoms with van der Waals surface area (Å²) in [5.41, 5.74) is 2.58. The maximum absolute atomic E-state index is 4.47. The van der Waals surface area contributed by atoms with Gasteiger partial charge in [-0.3, -0.25) is 4.99 Å². The zero-order valence-corrected chi connectivity index (χ0v) is 13.6. The van der Waals surface area contributed by atoms with Crippen molar-refractivity contribution in [3.05, 3.63) is 54.1 Å². The van der Waals surface area contributed by atoms with Gasteiger partial charge in [-0.15, -0.1) is 0 Å². The number of aliphatic imine (C=N–C) groups is 1. The van der Waals surface area contributed by atoms with Gasteiger partial charge in [0.15, 0.2) is 0 Å². The third kappa shape index (κ3) is 6.51. The van der Waals surface area contributed by atoms with Crippen LogP contribution in [0.2, 0.25) is 0 Å². The van der Waals surface area contributed by atoms with E-state index >= 15 is 0 Å². The largest absolute Gasteiger partial charge is 0.257 e. The van der Waals surface area contributed by atoms with Gasteiger partial charge in [-0.1, -0.05) is 71.9 Å². The quantitative estimate of drug-likeness (QED) is 0.474. The predicted octanol–water partition coefficient (Wildman–Crippen LogP) is 5.96. The Kier molecular flexibility index (Phi) is 5.50. The molecule has 1 nitrogen and oxygen atoms in total. The molecule has 0 radical (unpaired) electrons. The van der Waals surface area contributed by atoms with Crippen LogP contribution in [-0.4, -0.2) is 6.21 Å². The first-order chi connectivity index (χ1) is 9.18. The molecule has 1 rings (SSSR count). The first kappa shape index (κ1) is 16.4. The van der Waals surface area contributed by atoms with E-state index in [4.69, 9.17) is 0 Å². The number of rotatable bonds is 3. The molecule has 0 bridgehead atoms. The summed E-state index contributed by atoms with van der Waals surface area (Å²) in [4.78, 5) is 4.47. The molecule has 1 heteroatoms. The molecule has 0 saturated carbocycles. The van der Waals surface area contributed by atoms with Gasteiger partial charge in [0.2, 0.25) is 0 Å². The van der Waals surface area contributed by atoms with E-state index in [2.05, 4.69) is 64.8 Å². The van der Waals surface area contributed by atoms with Gasteiger partial charge in [-0.25, -0.2) is 0 Å². The van der Waals surface area contributed by atoms with E-state index in [0.717, 1.165) is 5.69 Å². The molecule has 20 heavy (non-hydrogen) atoms. The van der Waals surface area contributed by atoms with Crippen molar-refractivity contribution < 1.29 is 0 Å². The van der Waals surface area contributed by atoms with Crippen molar-refractivity contribution in [2.24, 2.45) is 15.8 Å². The van der Waals surface area contributed by atoms with Crippen molar-refractivity contribution in [2.75, 3.05) is 0 Å². The van der Waals surface area contributed by atoms with Crippen molar-refractivity contribution >= 4 is 11.9 Å². The zero-order valence-electron chi connectivity index (χ0n) is 13.6. The SMILES string of the molecule is CC(C)(C)/C=C\C(=C/C=Nc1ccccc1)C(C)(C)C. The van der Waals surface area contributed by atoms with Gasteiger partial charge in [-0.2, -0.15) is 0 Å². The maximum atomic E-state index is 4.47. The Bertz CT molecular complexity index is 491. The van der Waals surface area contributed by atoms with Crippen LogP contribution >= 0.6 is 0 Å². The minimum absolute atomic E-state index is 0.116. The molecule has 0 N–H and O–H groups in total. The minimum Gasteiger partial charge on any atom is -0.257 e. The zero-order chi connectivity index (χ0) is 15.2. The number of para-hydroxylation sites is 1. The lowest BCUT2D eigenvalue weighted by Crippen LogP contribution is -2.09. The van der Waals surface area contributed by atoms with Crippen molar-refractivity contribution in [3.63, 3.8) is 0 Å². The van der Waals surface area contributed by atoms with Gasteiger partial charge in [0.05, 0.1) is 5.69 Å². The predicted molar refractivity (Wildman–Crippen MR) is 90.7 cm³/mol. The highest BCUT2D eigenvalue weighted by molar-refractivity contribution is 5.76. The maximum Gasteiger partial charge on any atom is 0.0629 e. The lowest BCUT2D eigenvalue weighted by molar-refractivity contribution is 0.509. The first-order valence-corrected chi connectivity index (χ1v) is 7.18. The molecular weight excluding hydrogens is 242 g/mol. The number of hydrogen-bond acceptors (Lipinski definition) is 1. The van der Waals surface area contributed by atoms with Crippen molar-refractivity contribution in [1.82, 2.24) is 0 Å². The summed E-state index contributed by atoms with van der Waals surface area (Å²) in [5, 5.41) is 0. The van der Waals surface area contributed by atoms with Crippen LogP contribution in [0.3, 0.4) is 0 Å². The molecule has 108 valence electrons. The third-order valence-corrected chi connectivity index (χ3v) is 2.86. The lowest BCUT2D eigenvalue weighted by Gasteiger charge is -2.21. The first-order valence-electron chi connectivity index (χ1n) is 7.18. The Morgan fingerprint density at radius 2 is 1.55 bits per heavy atom. The second-order valence-corrected chi connectivity index (χ2v) is 7.19. The van der Waals surface area contributed by atoms with Crippen LogP contribution in [0.5, 0.6) is 0 Å². The van der Waals surface area contributed by atoms with Crippen LogP contribution < -0.4 is 0 Å². The highest BCUT2D eigenvalue weighted by Gasteiger charge is 2.15. The number of allylic oxidation sites excluding steroid dienone is 4. The fraction of sp³-hybridized carbons (Fsp3) is 0.421. The number of nitrogens with zero attached hydrogens (tertiary/aromatic N) is 1. The molecule has 0 unspecified atom stereocenters. The normalized spacial score (nSPS) is 14.4. The Labute approximate surface area is 124 Å². The molecule has 1 aromatic carbocycles. The van der Waals surface area contributed by atoms with E-state index in [1.165, 1.54) is 5.57 Å². The summed E-state index contributed by atoms with van der Waals surface area (Å²) in [5.74, 6) is 0. The number of hydrogen-bond donors (Lipinski definition) is 0. The average molecular weight is 269 g/mol. The highest BCUT2D eigenvalue weighted by Crippen LogP contribution is 2.28. The molecule has 0 heterocycles. The van der Waals surface area contributed by atoms with E-state index in [1.807, 2.05) is 36.5 Å². The van der Waals surface area contributed by atoms with Crippen LogP contribution in [0, 0.1) is 10.8 Å². The molecule has 0 fully saturated rings. The minimum atomic E-state index is 0.116. The monoisotopic (exact) mass is 269 g/mol. The molecule has 0 atom stereocenters. The van der Waals surface area contributed by atoms with Gasteiger partial charge in [-0.05, 0) is 34.6 Å².